The lowest BCUT2D eigenvalue weighted by molar-refractivity contribution is -0.134. The molecule has 1 aromatic heterocycles. The molecule has 1 aliphatic heterocycles. The summed E-state index contributed by atoms with van der Waals surface area (Å²) in [6, 6.07) is 4.44. The number of hydrogen-bond donors (Lipinski definition) is 2. The van der Waals surface area contributed by atoms with Gasteiger partial charge >= 0.3 is 0 Å². The molecule has 108 valence electrons. The van der Waals surface area contributed by atoms with Crippen LogP contribution in [0, 0.1) is 0 Å². The number of nitrogens with zero attached hydrogens (tertiary/aromatic N) is 1. The quantitative estimate of drug-likeness (QED) is 0.877. The van der Waals surface area contributed by atoms with E-state index in [0.29, 0.717) is 0 Å². The smallest absolute Gasteiger partial charge is 0.244 e. The normalized spacial score (nSPS) is 35.8. The summed E-state index contributed by atoms with van der Waals surface area (Å²) in [5.74, 6) is 0.289. The molecule has 1 aromatic rings. The molecule has 2 heterocycles. The Hall–Kier alpha value is -0.910. The maximum atomic E-state index is 12.8. The maximum absolute atomic E-state index is 12.8. The van der Waals surface area contributed by atoms with Crippen LogP contribution in [0.4, 0.5) is 0 Å². The Morgan fingerprint density at radius 3 is 2.65 bits per heavy atom. The van der Waals surface area contributed by atoms with E-state index in [0.717, 1.165) is 38.5 Å². The minimum atomic E-state index is -0.259. The number of hydrogen-bond acceptors (Lipinski definition) is 4. The molecule has 0 bridgehead atoms. The predicted molar refractivity (Wildman–Crippen MR) is 77.3 cm³/mol. The molecule has 2 N–H and O–H groups in total. The summed E-state index contributed by atoms with van der Waals surface area (Å²) in [6.45, 7) is 0. The molecule has 1 unspecified atom stereocenters. The topological polar surface area (TPSA) is 52.6 Å². The monoisotopic (exact) mass is 292 g/mol. The summed E-state index contributed by atoms with van der Waals surface area (Å²) in [4.78, 5) is 16.1. The minimum Gasteiger partial charge on any atom is -0.393 e. The largest absolute Gasteiger partial charge is 0.393 e. The lowest BCUT2D eigenvalue weighted by Crippen LogP contribution is -2.43. The van der Waals surface area contributed by atoms with E-state index in [2.05, 4.69) is 21.7 Å². The Bertz CT molecular complexity index is 504. The number of rotatable bonds is 2. The van der Waals surface area contributed by atoms with Crippen molar-refractivity contribution >= 4 is 17.2 Å². The fraction of sp³-hybridized carbons (Fsp3) is 0.667. The second kappa shape index (κ2) is 4.55. The molecule has 1 amide bonds. The highest BCUT2D eigenvalue weighted by molar-refractivity contribution is 7.10. The summed E-state index contributed by atoms with van der Waals surface area (Å²) in [6.07, 6.45) is 5.30. The minimum absolute atomic E-state index is 0.0465. The molecule has 0 aromatic carbocycles. The van der Waals surface area contributed by atoms with Gasteiger partial charge in [-0.15, -0.1) is 11.3 Å². The standard InChI is InChI=1S/C15H20N2O2S/c18-11-5-3-10(4-6-11)17-13(12-2-1-9-20-12)16-15(7-8-15)14(17)19/h1-2,9-11,13,16,18H,3-8H2. The van der Waals surface area contributed by atoms with Crippen molar-refractivity contribution in [2.75, 3.05) is 0 Å². The maximum Gasteiger partial charge on any atom is 0.244 e. The van der Waals surface area contributed by atoms with Crippen LogP contribution in [0.15, 0.2) is 17.5 Å². The van der Waals surface area contributed by atoms with E-state index in [1.54, 1.807) is 11.3 Å². The van der Waals surface area contributed by atoms with E-state index >= 15 is 0 Å². The number of carbonyl (C=O) groups is 1. The number of carbonyl (C=O) groups excluding carboxylic acids is 1. The third-order valence-electron chi connectivity index (χ3n) is 4.96. The number of nitrogens with one attached hydrogen (secondary N) is 1. The molecule has 1 spiro atoms. The zero-order chi connectivity index (χ0) is 13.7. The van der Waals surface area contributed by atoms with Gasteiger partial charge in [-0.25, -0.2) is 0 Å². The Morgan fingerprint density at radius 1 is 1.30 bits per heavy atom. The van der Waals surface area contributed by atoms with Gasteiger partial charge in [0.15, 0.2) is 0 Å². The average Bonchev–Trinajstić information content (AvgIpc) is 2.92. The van der Waals surface area contributed by atoms with Crippen LogP contribution in [0.25, 0.3) is 0 Å². The van der Waals surface area contributed by atoms with Crippen molar-refractivity contribution in [2.45, 2.75) is 62.4 Å². The van der Waals surface area contributed by atoms with Gasteiger partial charge in [-0.05, 0) is 50.0 Å². The van der Waals surface area contributed by atoms with E-state index in [-0.39, 0.29) is 29.8 Å². The number of amides is 1. The van der Waals surface area contributed by atoms with Gasteiger partial charge in [0, 0.05) is 10.9 Å². The van der Waals surface area contributed by atoms with Gasteiger partial charge in [-0.2, -0.15) is 0 Å². The SMILES string of the molecule is O=C1N(C2CCC(O)CC2)C(c2cccs2)NC12CC2. The van der Waals surface area contributed by atoms with E-state index in [9.17, 15) is 9.90 Å². The number of aliphatic hydroxyl groups excluding tert-OH is 1. The van der Waals surface area contributed by atoms with Crippen molar-refractivity contribution in [3.05, 3.63) is 22.4 Å². The van der Waals surface area contributed by atoms with E-state index < -0.39 is 0 Å². The number of thiophene rings is 1. The zero-order valence-corrected chi connectivity index (χ0v) is 12.2. The third kappa shape index (κ3) is 1.91. The molecule has 3 fully saturated rings. The van der Waals surface area contributed by atoms with Crippen molar-refractivity contribution in [3.63, 3.8) is 0 Å². The summed E-state index contributed by atoms with van der Waals surface area (Å²) in [5.41, 5.74) is -0.259. The van der Waals surface area contributed by atoms with Crippen LogP contribution in [0.2, 0.25) is 0 Å². The summed E-state index contributed by atoms with van der Waals surface area (Å²) >= 11 is 1.71. The Labute approximate surface area is 122 Å². The van der Waals surface area contributed by atoms with Gasteiger partial charge in [-0.3, -0.25) is 10.1 Å². The van der Waals surface area contributed by atoms with Crippen molar-refractivity contribution in [2.24, 2.45) is 0 Å². The Kier molecular flexibility index (Phi) is 2.91. The van der Waals surface area contributed by atoms with Crippen LogP contribution in [-0.4, -0.2) is 33.6 Å². The van der Waals surface area contributed by atoms with E-state index in [4.69, 9.17) is 0 Å². The molecule has 1 atom stereocenters. The van der Waals surface area contributed by atoms with Crippen LogP contribution in [0.5, 0.6) is 0 Å². The predicted octanol–water partition coefficient (Wildman–Crippen LogP) is 2.01. The van der Waals surface area contributed by atoms with Crippen LogP contribution in [-0.2, 0) is 4.79 Å². The van der Waals surface area contributed by atoms with Crippen LogP contribution >= 0.6 is 11.3 Å². The molecule has 2 saturated carbocycles. The fourth-order valence-electron chi connectivity index (χ4n) is 3.61. The molecule has 0 radical (unpaired) electrons. The highest BCUT2D eigenvalue weighted by Crippen LogP contribution is 2.48. The molecular weight excluding hydrogens is 272 g/mol. The Balaban J connectivity index is 1.62. The number of aliphatic hydroxyl groups is 1. The summed E-state index contributed by atoms with van der Waals surface area (Å²) in [5, 5.41) is 15.3. The van der Waals surface area contributed by atoms with Gasteiger partial charge in [0.1, 0.15) is 11.7 Å². The third-order valence-corrected chi connectivity index (χ3v) is 5.88. The molecule has 4 nitrogen and oxygen atoms in total. The molecule has 20 heavy (non-hydrogen) atoms. The van der Waals surface area contributed by atoms with Crippen molar-refractivity contribution < 1.29 is 9.90 Å². The van der Waals surface area contributed by atoms with Crippen molar-refractivity contribution in [1.82, 2.24) is 10.2 Å². The van der Waals surface area contributed by atoms with Crippen LogP contribution < -0.4 is 5.32 Å². The highest BCUT2D eigenvalue weighted by Gasteiger charge is 2.60. The first-order chi connectivity index (χ1) is 9.70. The van der Waals surface area contributed by atoms with Gasteiger partial charge in [-0.1, -0.05) is 6.07 Å². The summed E-state index contributed by atoms with van der Waals surface area (Å²) in [7, 11) is 0. The van der Waals surface area contributed by atoms with E-state index in [1.807, 2.05) is 6.07 Å². The second-order valence-corrected chi connectivity index (χ2v) is 7.30. The van der Waals surface area contributed by atoms with E-state index in [1.165, 1.54) is 4.88 Å². The van der Waals surface area contributed by atoms with Crippen molar-refractivity contribution in [1.29, 1.82) is 0 Å². The first-order valence-electron chi connectivity index (χ1n) is 7.51. The molecule has 3 aliphatic rings. The average molecular weight is 292 g/mol. The van der Waals surface area contributed by atoms with Gasteiger partial charge < -0.3 is 10.0 Å². The second-order valence-electron chi connectivity index (χ2n) is 6.32. The first kappa shape index (κ1) is 12.8. The molecule has 5 heteroatoms. The first-order valence-corrected chi connectivity index (χ1v) is 8.39. The summed E-state index contributed by atoms with van der Waals surface area (Å²) < 4.78 is 0. The van der Waals surface area contributed by atoms with Crippen molar-refractivity contribution in [3.8, 4) is 0 Å². The molecule has 4 rings (SSSR count). The van der Waals surface area contributed by atoms with Gasteiger partial charge in [0.05, 0.1) is 6.10 Å². The van der Waals surface area contributed by atoms with Crippen LogP contribution in [0.3, 0.4) is 0 Å². The Morgan fingerprint density at radius 2 is 2.05 bits per heavy atom. The van der Waals surface area contributed by atoms with Crippen LogP contribution in [0.1, 0.15) is 49.6 Å². The molecule has 1 saturated heterocycles. The van der Waals surface area contributed by atoms with Gasteiger partial charge in [0.2, 0.25) is 5.91 Å². The fourth-order valence-corrected chi connectivity index (χ4v) is 4.38. The molecule has 2 aliphatic carbocycles. The lowest BCUT2D eigenvalue weighted by atomic mass is 9.91. The lowest BCUT2D eigenvalue weighted by Gasteiger charge is -2.36. The molecular formula is C15H20N2O2S. The zero-order valence-electron chi connectivity index (χ0n) is 11.4. The highest BCUT2D eigenvalue weighted by atomic mass is 32.1. The van der Waals surface area contributed by atoms with Gasteiger partial charge in [0.25, 0.3) is 0 Å².